The average molecular weight is 189 g/mol. The smallest absolute Gasteiger partial charge is 0.0410 e. The third kappa shape index (κ3) is 1.11. The van der Waals surface area contributed by atoms with Crippen molar-refractivity contribution in [2.75, 3.05) is 0 Å². The molecule has 0 radical (unpaired) electrons. The highest BCUT2D eigenvalue weighted by Crippen LogP contribution is 2.49. The van der Waals surface area contributed by atoms with Crippen molar-refractivity contribution < 1.29 is 0 Å². The third-order valence-electron chi connectivity index (χ3n) is 3.67. The summed E-state index contributed by atoms with van der Waals surface area (Å²) in [5, 5.41) is 0. The van der Waals surface area contributed by atoms with Crippen molar-refractivity contribution in [3.05, 3.63) is 28.6 Å². The Morgan fingerprint density at radius 3 is 2.29 bits per heavy atom. The molecule has 0 spiro atoms. The first-order valence-corrected chi connectivity index (χ1v) is 5.53. The van der Waals surface area contributed by atoms with Crippen molar-refractivity contribution in [2.45, 2.75) is 52.4 Å². The SMILES string of the molecule is Cc1ncc(C(C)C)c2c1C(C)C2C. The van der Waals surface area contributed by atoms with Gasteiger partial charge >= 0.3 is 0 Å². The van der Waals surface area contributed by atoms with E-state index in [1.54, 1.807) is 5.56 Å². The molecular formula is C13H19N. The molecule has 1 aromatic heterocycles. The van der Waals surface area contributed by atoms with Crippen LogP contribution in [0.3, 0.4) is 0 Å². The Morgan fingerprint density at radius 1 is 1.14 bits per heavy atom. The van der Waals surface area contributed by atoms with E-state index in [9.17, 15) is 0 Å². The Kier molecular flexibility index (Phi) is 2.13. The van der Waals surface area contributed by atoms with Gasteiger partial charge in [0.05, 0.1) is 0 Å². The van der Waals surface area contributed by atoms with Crippen LogP contribution in [0.4, 0.5) is 0 Å². The van der Waals surface area contributed by atoms with Crippen molar-refractivity contribution in [1.82, 2.24) is 4.98 Å². The molecule has 0 saturated heterocycles. The first-order chi connectivity index (χ1) is 6.54. The summed E-state index contributed by atoms with van der Waals surface area (Å²) < 4.78 is 0. The van der Waals surface area contributed by atoms with Gasteiger partial charge in [0.15, 0.2) is 0 Å². The van der Waals surface area contributed by atoms with Crippen molar-refractivity contribution in [3.63, 3.8) is 0 Å². The fourth-order valence-electron chi connectivity index (χ4n) is 2.60. The maximum absolute atomic E-state index is 4.50. The zero-order valence-electron chi connectivity index (χ0n) is 9.76. The van der Waals surface area contributed by atoms with Crippen LogP contribution in [0.15, 0.2) is 6.20 Å². The molecule has 1 aromatic rings. The van der Waals surface area contributed by atoms with E-state index in [-0.39, 0.29) is 0 Å². The van der Waals surface area contributed by atoms with Crippen LogP contribution in [0.2, 0.25) is 0 Å². The largest absolute Gasteiger partial charge is 0.261 e. The number of nitrogens with zero attached hydrogens (tertiary/aromatic N) is 1. The minimum absolute atomic E-state index is 0.604. The van der Waals surface area contributed by atoms with Crippen LogP contribution in [-0.4, -0.2) is 4.98 Å². The number of aryl methyl sites for hydroxylation is 1. The summed E-state index contributed by atoms with van der Waals surface area (Å²) >= 11 is 0. The van der Waals surface area contributed by atoms with E-state index in [2.05, 4.69) is 45.8 Å². The van der Waals surface area contributed by atoms with Crippen molar-refractivity contribution >= 4 is 0 Å². The molecule has 0 fully saturated rings. The molecule has 0 bridgehead atoms. The maximum Gasteiger partial charge on any atom is 0.0410 e. The molecule has 2 rings (SSSR count). The van der Waals surface area contributed by atoms with Crippen LogP contribution < -0.4 is 0 Å². The topological polar surface area (TPSA) is 12.9 Å². The second kappa shape index (κ2) is 3.08. The molecule has 76 valence electrons. The molecule has 0 saturated carbocycles. The Bertz CT molecular complexity index is 366. The lowest BCUT2D eigenvalue weighted by Crippen LogP contribution is -2.24. The van der Waals surface area contributed by atoms with Gasteiger partial charge in [0.25, 0.3) is 0 Å². The summed E-state index contributed by atoms with van der Waals surface area (Å²) in [6.45, 7) is 11.3. The monoisotopic (exact) mass is 189 g/mol. The lowest BCUT2D eigenvalue weighted by Gasteiger charge is -2.38. The first kappa shape index (κ1) is 9.70. The predicted octanol–water partition coefficient (Wildman–Crippen LogP) is 3.73. The Morgan fingerprint density at radius 2 is 1.71 bits per heavy atom. The molecule has 0 amide bonds. The second-order valence-corrected chi connectivity index (χ2v) is 4.86. The van der Waals surface area contributed by atoms with Crippen LogP contribution in [0.25, 0.3) is 0 Å². The number of hydrogen-bond acceptors (Lipinski definition) is 1. The second-order valence-electron chi connectivity index (χ2n) is 4.86. The molecule has 0 aromatic carbocycles. The molecule has 1 aliphatic carbocycles. The van der Waals surface area contributed by atoms with E-state index in [1.165, 1.54) is 16.8 Å². The van der Waals surface area contributed by atoms with Gasteiger partial charge < -0.3 is 0 Å². The van der Waals surface area contributed by atoms with Gasteiger partial charge in [0.1, 0.15) is 0 Å². The lowest BCUT2D eigenvalue weighted by molar-refractivity contribution is 0.521. The summed E-state index contributed by atoms with van der Waals surface area (Å²) in [6.07, 6.45) is 2.07. The van der Waals surface area contributed by atoms with E-state index < -0.39 is 0 Å². The predicted molar refractivity (Wildman–Crippen MR) is 59.9 cm³/mol. The molecule has 1 aliphatic rings. The molecule has 1 heteroatoms. The number of rotatable bonds is 1. The highest BCUT2D eigenvalue weighted by atomic mass is 14.7. The maximum atomic E-state index is 4.50. The Hall–Kier alpha value is -0.850. The Labute approximate surface area is 86.6 Å². The average Bonchev–Trinajstić information content (AvgIpc) is 2.15. The van der Waals surface area contributed by atoms with E-state index in [0.717, 1.165) is 5.92 Å². The van der Waals surface area contributed by atoms with Crippen LogP contribution in [0.5, 0.6) is 0 Å². The zero-order chi connectivity index (χ0) is 10.5. The minimum Gasteiger partial charge on any atom is -0.261 e. The minimum atomic E-state index is 0.604. The quantitative estimate of drug-likeness (QED) is 0.656. The molecule has 1 nitrogen and oxygen atoms in total. The summed E-state index contributed by atoms with van der Waals surface area (Å²) in [6, 6.07) is 0. The fraction of sp³-hybridized carbons (Fsp3) is 0.615. The Balaban J connectivity index is 2.59. The fourth-order valence-corrected chi connectivity index (χ4v) is 2.60. The number of pyridine rings is 1. The van der Waals surface area contributed by atoms with Crippen LogP contribution in [0.1, 0.15) is 67.8 Å². The molecule has 14 heavy (non-hydrogen) atoms. The number of aromatic nitrogens is 1. The zero-order valence-corrected chi connectivity index (χ0v) is 9.76. The van der Waals surface area contributed by atoms with Gasteiger partial charge in [-0.2, -0.15) is 0 Å². The van der Waals surface area contributed by atoms with E-state index in [0.29, 0.717) is 11.8 Å². The van der Waals surface area contributed by atoms with Gasteiger partial charge in [-0.1, -0.05) is 27.7 Å². The molecule has 2 atom stereocenters. The van der Waals surface area contributed by atoms with Crippen molar-refractivity contribution in [2.24, 2.45) is 0 Å². The standard InChI is InChI=1S/C13H19N/c1-7(2)11-6-14-10(5)12-8(3)9(4)13(11)12/h6-9H,1-5H3. The van der Waals surface area contributed by atoms with Gasteiger partial charge in [0, 0.05) is 11.9 Å². The summed E-state index contributed by atoms with van der Waals surface area (Å²) in [7, 11) is 0. The summed E-state index contributed by atoms with van der Waals surface area (Å²) in [5.74, 6) is 2.03. The van der Waals surface area contributed by atoms with E-state index >= 15 is 0 Å². The molecule has 0 N–H and O–H groups in total. The van der Waals surface area contributed by atoms with Crippen LogP contribution >= 0.6 is 0 Å². The molecule has 0 aliphatic heterocycles. The first-order valence-electron chi connectivity index (χ1n) is 5.53. The summed E-state index contributed by atoms with van der Waals surface area (Å²) in [4.78, 5) is 4.50. The van der Waals surface area contributed by atoms with Gasteiger partial charge in [-0.15, -0.1) is 0 Å². The molecule has 1 heterocycles. The highest BCUT2D eigenvalue weighted by Gasteiger charge is 2.35. The summed E-state index contributed by atoms with van der Waals surface area (Å²) in [5.41, 5.74) is 5.79. The van der Waals surface area contributed by atoms with Crippen molar-refractivity contribution in [1.29, 1.82) is 0 Å². The van der Waals surface area contributed by atoms with E-state index in [1.807, 2.05) is 0 Å². The number of fused-ring (bicyclic) bond motifs is 1. The van der Waals surface area contributed by atoms with Gasteiger partial charge in [-0.05, 0) is 41.4 Å². The van der Waals surface area contributed by atoms with Crippen LogP contribution in [0, 0.1) is 6.92 Å². The third-order valence-corrected chi connectivity index (χ3v) is 3.67. The highest BCUT2D eigenvalue weighted by molar-refractivity contribution is 5.51. The normalized spacial score (nSPS) is 24.7. The van der Waals surface area contributed by atoms with Gasteiger partial charge in [-0.3, -0.25) is 4.98 Å². The molecular weight excluding hydrogens is 170 g/mol. The van der Waals surface area contributed by atoms with E-state index in [4.69, 9.17) is 0 Å². The van der Waals surface area contributed by atoms with Gasteiger partial charge in [-0.25, -0.2) is 0 Å². The van der Waals surface area contributed by atoms with Crippen LogP contribution in [-0.2, 0) is 0 Å². The molecule has 2 unspecified atom stereocenters. The van der Waals surface area contributed by atoms with Crippen molar-refractivity contribution in [3.8, 4) is 0 Å². The number of hydrogen-bond donors (Lipinski definition) is 0. The lowest BCUT2D eigenvalue weighted by atomic mass is 9.66. The van der Waals surface area contributed by atoms with Gasteiger partial charge in [0.2, 0.25) is 0 Å².